The first kappa shape index (κ1) is 20.2. The molecular formula is C21H23NO5. The molecule has 2 aromatic carbocycles. The highest BCUT2D eigenvalue weighted by Crippen LogP contribution is 2.23. The van der Waals surface area contributed by atoms with Gasteiger partial charge in [-0.25, -0.2) is 4.79 Å². The number of aromatic hydroxyl groups is 1. The molecule has 0 heterocycles. The minimum absolute atomic E-state index is 0.0173. The van der Waals surface area contributed by atoms with Gasteiger partial charge in [0.25, 0.3) is 0 Å². The summed E-state index contributed by atoms with van der Waals surface area (Å²) in [5.41, 5.74) is 1.52. The van der Waals surface area contributed by atoms with Crippen LogP contribution in [0, 0.1) is 6.92 Å². The molecule has 0 spiro atoms. The number of hydrogen-bond donors (Lipinski definition) is 2. The molecule has 0 fully saturated rings. The third kappa shape index (κ3) is 5.17. The second-order valence-electron chi connectivity index (χ2n) is 6.26. The second-order valence-corrected chi connectivity index (χ2v) is 6.26. The number of rotatable bonds is 7. The zero-order valence-corrected chi connectivity index (χ0v) is 15.6. The van der Waals surface area contributed by atoms with Gasteiger partial charge in [-0.1, -0.05) is 19.1 Å². The summed E-state index contributed by atoms with van der Waals surface area (Å²) in [7, 11) is 0. The number of ketones is 1. The first-order chi connectivity index (χ1) is 12.8. The number of Topliss-reactive ketones (excluding diaryl/α,β-unsaturated/α-hetero) is 1. The van der Waals surface area contributed by atoms with Crippen molar-refractivity contribution >= 4 is 23.3 Å². The lowest BCUT2D eigenvalue weighted by Gasteiger charge is -2.14. The van der Waals surface area contributed by atoms with Gasteiger partial charge in [0.15, 0.2) is 6.10 Å². The summed E-state index contributed by atoms with van der Waals surface area (Å²) < 4.78 is 5.20. The van der Waals surface area contributed by atoms with Crippen LogP contribution >= 0.6 is 0 Å². The molecule has 0 aliphatic carbocycles. The van der Waals surface area contributed by atoms with Crippen molar-refractivity contribution in [2.75, 3.05) is 5.32 Å². The minimum Gasteiger partial charge on any atom is -0.507 e. The van der Waals surface area contributed by atoms with E-state index in [1.54, 1.807) is 43.3 Å². The van der Waals surface area contributed by atoms with E-state index in [0.717, 1.165) is 6.42 Å². The van der Waals surface area contributed by atoms with Crippen LogP contribution in [0.5, 0.6) is 5.75 Å². The van der Waals surface area contributed by atoms with E-state index in [0.29, 0.717) is 23.2 Å². The zero-order valence-electron chi connectivity index (χ0n) is 15.6. The molecular weight excluding hydrogens is 346 g/mol. The summed E-state index contributed by atoms with van der Waals surface area (Å²) >= 11 is 0. The summed E-state index contributed by atoms with van der Waals surface area (Å²) in [4.78, 5) is 36.3. The molecule has 0 bridgehead atoms. The molecule has 142 valence electrons. The fraction of sp³-hybridized carbons (Fsp3) is 0.286. The molecule has 0 radical (unpaired) electrons. The first-order valence-electron chi connectivity index (χ1n) is 8.77. The fourth-order valence-electron chi connectivity index (χ4n) is 2.50. The zero-order chi connectivity index (χ0) is 20.0. The maximum Gasteiger partial charge on any atom is 0.342 e. The van der Waals surface area contributed by atoms with E-state index in [1.165, 1.54) is 13.0 Å². The molecule has 0 aliphatic heterocycles. The number of aryl methyl sites for hydroxylation is 1. The van der Waals surface area contributed by atoms with Gasteiger partial charge in [0.1, 0.15) is 11.3 Å². The van der Waals surface area contributed by atoms with Gasteiger partial charge >= 0.3 is 5.97 Å². The Morgan fingerprint density at radius 2 is 1.78 bits per heavy atom. The highest BCUT2D eigenvalue weighted by atomic mass is 16.5. The maximum absolute atomic E-state index is 12.5. The molecule has 1 amide bonds. The lowest BCUT2D eigenvalue weighted by Crippen LogP contribution is -2.24. The molecule has 27 heavy (non-hydrogen) atoms. The Morgan fingerprint density at radius 1 is 1.11 bits per heavy atom. The Balaban J connectivity index is 2.03. The molecule has 0 saturated carbocycles. The fourth-order valence-corrected chi connectivity index (χ4v) is 2.50. The number of benzene rings is 2. The van der Waals surface area contributed by atoms with Crippen molar-refractivity contribution in [2.45, 2.75) is 39.7 Å². The third-order valence-corrected chi connectivity index (χ3v) is 4.04. The Kier molecular flexibility index (Phi) is 6.71. The van der Waals surface area contributed by atoms with Gasteiger partial charge in [-0.15, -0.1) is 0 Å². The highest BCUT2D eigenvalue weighted by Gasteiger charge is 2.22. The van der Waals surface area contributed by atoms with Crippen LogP contribution < -0.4 is 5.32 Å². The summed E-state index contributed by atoms with van der Waals surface area (Å²) in [5.74, 6) is -1.38. The molecule has 0 aromatic heterocycles. The molecule has 0 unspecified atom stereocenters. The van der Waals surface area contributed by atoms with Crippen molar-refractivity contribution in [1.29, 1.82) is 0 Å². The van der Waals surface area contributed by atoms with E-state index in [-0.39, 0.29) is 23.0 Å². The monoisotopic (exact) mass is 369 g/mol. The van der Waals surface area contributed by atoms with Crippen LogP contribution in [0.2, 0.25) is 0 Å². The molecule has 0 saturated heterocycles. The van der Waals surface area contributed by atoms with Gasteiger partial charge < -0.3 is 15.2 Å². The lowest BCUT2D eigenvalue weighted by molar-refractivity contribution is -0.116. The number of carbonyl (C=O) groups is 3. The van der Waals surface area contributed by atoms with Crippen molar-refractivity contribution < 1.29 is 24.2 Å². The Morgan fingerprint density at radius 3 is 2.41 bits per heavy atom. The molecule has 6 nitrogen and oxygen atoms in total. The molecule has 2 N–H and O–H groups in total. The predicted octanol–water partition coefficient (Wildman–Crippen LogP) is 3.87. The Labute approximate surface area is 158 Å². The summed E-state index contributed by atoms with van der Waals surface area (Å²) in [6.45, 7) is 5.06. The SMILES string of the molecule is CCCC(=O)Nc1ccc(C(=O)[C@@H](C)OC(=O)c2cccc(C)c2O)cc1. The van der Waals surface area contributed by atoms with Crippen LogP contribution in [0.1, 0.15) is 53.0 Å². The standard InChI is InChI=1S/C21H23NO5/c1-4-6-18(23)22-16-11-9-15(10-12-16)20(25)14(3)27-21(26)17-8-5-7-13(2)19(17)24/h5,7-12,14,24H,4,6H2,1-3H3,(H,22,23)/t14-/m1/s1. The van der Waals surface area contributed by atoms with E-state index in [2.05, 4.69) is 5.32 Å². The van der Waals surface area contributed by atoms with Gasteiger partial charge in [0.05, 0.1) is 0 Å². The third-order valence-electron chi connectivity index (χ3n) is 4.04. The average Bonchev–Trinajstić information content (AvgIpc) is 2.64. The summed E-state index contributed by atoms with van der Waals surface area (Å²) in [6, 6.07) is 11.1. The lowest BCUT2D eigenvalue weighted by atomic mass is 10.1. The van der Waals surface area contributed by atoms with E-state index in [1.807, 2.05) is 6.92 Å². The number of hydrogen-bond acceptors (Lipinski definition) is 5. The topological polar surface area (TPSA) is 92.7 Å². The summed E-state index contributed by atoms with van der Waals surface area (Å²) in [6.07, 6.45) is 0.166. The van der Waals surface area contributed by atoms with Crippen LogP contribution in [0.3, 0.4) is 0 Å². The van der Waals surface area contributed by atoms with Crippen molar-refractivity contribution in [3.05, 3.63) is 59.2 Å². The van der Waals surface area contributed by atoms with Crippen molar-refractivity contribution in [1.82, 2.24) is 0 Å². The van der Waals surface area contributed by atoms with E-state index in [9.17, 15) is 19.5 Å². The quantitative estimate of drug-likeness (QED) is 0.571. The van der Waals surface area contributed by atoms with Crippen LogP contribution in [-0.4, -0.2) is 28.9 Å². The van der Waals surface area contributed by atoms with E-state index >= 15 is 0 Å². The van der Waals surface area contributed by atoms with Crippen molar-refractivity contribution in [3.63, 3.8) is 0 Å². The van der Waals surface area contributed by atoms with E-state index in [4.69, 9.17) is 4.74 Å². The number of phenolic OH excluding ortho intramolecular Hbond substituents is 1. The number of carbonyl (C=O) groups excluding carboxylic acids is 3. The van der Waals surface area contributed by atoms with Crippen LogP contribution in [0.4, 0.5) is 5.69 Å². The number of ether oxygens (including phenoxy) is 1. The van der Waals surface area contributed by atoms with Gasteiger partial charge in [-0.2, -0.15) is 0 Å². The highest BCUT2D eigenvalue weighted by molar-refractivity contribution is 6.02. The molecule has 0 aliphatic rings. The molecule has 1 atom stereocenters. The van der Waals surface area contributed by atoms with E-state index < -0.39 is 12.1 Å². The number of para-hydroxylation sites is 1. The molecule has 2 aromatic rings. The van der Waals surface area contributed by atoms with Crippen molar-refractivity contribution in [2.24, 2.45) is 0 Å². The normalized spacial score (nSPS) is 11.5. The van der Waals surface area contributed by atoms with Crippen LogP contribution in [0.15, 0.2) is 42.5 Å². The number of phenols is 1. The maximum atomic E-state index is 12.5. The Bertz CT molecular complexity index is 842. The Hall–Kier alpha value is -3.15. The predicted molar refractivity (Wildman–Crippen MR) is 102 cm³/mol. The van der Waals surface area contributed by atoms with Crippen LogP contribution in [0.25, 0.3) is 0 Å². The van der Waals surface area contributed by atoms with Gasteiger partial charge in [-0.05, 0) is 56.2 Å². The number of esters is 1. The largest absolute Gasteiger partial charge is 0.507 e. The van der Waals surface area contributed by atoms with Gasteiger partial charge in [0.2, 0.25) is 11.7 Å². The molecule has 2 rings (SSSR count). The number of anilines is 1. The first-order valence-corrected chi connectivity index (χ1v) is 8.77. The average molecular weight is 369 g/mol. The minimum atomic E-state index is -1.02. The number of nitrogens with one attached hydrogen (secondary N) is 1. The van der Waals surface area contributed by atoms with Gasteiger partial charge in [0, 0.05) is 17.7 Å². The van der Waals surface area contributed by atoms with Crippen LogP contribution in [-0.2, 0) is 9.53 Å². The summed E-state index contributed by atoms with van der Waals surface area (Å²) in [5, 5.41) is 12.7. The van der Waals surface area contributed by atoms with Crippen molar-refractivity contribution in [3.8, 4) is 5.75 Å². The van der Waals surface area contributed by atoms with Gasteiger partial charge in [-0.3, -0.25) is 9.59 Å². The number of amides is 1. The smallest absolute Gasteiger partial charge is 0.342 e. The second kappa shape index (κ2) is 8.98. The molecule has 6 heteroatoms.